The summed E-state index contributed by atoms with van der Waals surface area (Å²) in [7, 11) is 0. The van der Waals surface area contributed by atoms with Gasteiger partial charge in [0.2, 0.25) is 0 Å². The predicted octanol–water partition coefficient (Wildman–Crippen LogP) is 3.20. The maximum absolute atomic E-state index is 4.46. The summed E-state index contributed by atoms with van der Waals surface area (Å²) in [5.74, 6) is 0. The van der Waals surface area contributed by atoms with Gasteiger partial charge in [-0.2, -0.15) is 0 Å². The number of nitrogens with zero attached hydrogens (tertiary/aromatic N) is 2. The number of piperidine rings is 1. The van der Waals surface area contributed by atoms with Gasteiger partial charge in [-0.15, -0.1) is 0 Å². The van der Waals surface area contributed by atoms with Crippen molar-refractivity contribution in [3.05, 3.63) is 36.5 Å². The summed E-state index contributed by atoms with van der Waals surface area (Å²) in [6.45, 7) is 5.60. The van der Waals surface area contributed by atoms with E-state index in [-0.39, 0.29) is 0 Å². The van der Waals surface area contributed by atoms with Crippen LogP contribution in [0.5, 0.6) is 0 Å². The van der Waals surface area contributed by atoms with Crippen LogP contribution in [0.3, 0.4) is 0 Å². The fourth-order valence-electron chi connectivity index (χ4n) is 3.07. The summed E-state index contributed by atoms with van der Waals surface area (Å²) in [5.41, 5.74) is 2.42. The van der Waals surface area contributed by atoms with Crippen LogP contribution in [0.2, 0.25) is 0 Å². The second-order valence-electron chi connectivity index (χ2n) is 5.59. The number of rotatable bonds is 4. The number of anilines is 1. The van der Waals surface area contributed by atoms with E-state index in [1.54, 1.807) is 0 Å². The molecule has 1 atom stereocenters. The van der Waals surface area contributed by atoms with Crippen LogP contribution in [0.15, 0.2) is 36.5 Å². The molecule has 3 heteroatoms. The highest BCUT2D eigenvalue weighted by molar-refractivity contribution is 5.91. The lowest BCUT2D eigenvalue weighted by Crippen LogP contribution is -2.46. The van der Waals surface area contributed by atoms with Gasteiger partial charge < -0.3 is 10.2 Å². The Morgan fingerprint density at radius 3 is 3.15 bits per heavy atom. The van der Waals surface area contributed by atoms with Crippen molar-refractivity contribution in [2.24, 2.45) is 0 Å². The summed E-state index contributed by atoms with van der Waals surface area (Å²) < 4.78 is 0. The molecule has 1 N–H and O–H groups in total. The van der Waals surface area contributed by atoms with Gasteiger partial charge >= 0.3 is 0 Å². The first-order chi connectivity index (χ1) is 9.88. The third kappa shape index (κ3) is 2.78. The Balaban J connectivity index is 1.83. The Morgan fingerprint density at radius 2 is 2.25 bits per heavy atom. The van der Waals surface area contributed by atoms with Crippen molar-refractivity contribution in [1.29, 1.82) is 0 Å². The van der Waals surface area contributed by atoms with Crippen molar-refractivity contribution in [3.8, 4) is 0 Å². The molecule has 2 heterocycles. The fraction of sp³-hybridized carbons (Fsp3) is 0.471. The minimum absolute atomic E-state index is 0.621. The van der Waals surface area contributed by atoms with E-state index < -0.39 is 0 Å². The lowest BCUT2D eigenvalue weighted by atomic mass is 10.0. The number of hydrogen-bond acceptors (Lipinski definition) is 3. The lowest BCUT2D eigenvalue weighted by molar-refractivity contribution is 0.424. The third-order valence-corrected chi connectivity index (χ3v) is 4.07. The molecule has 2 aromatic rings. The second-order valence-corrected chi connectivity index (χ2v) is 5.59. The standard InChI is InChI=1S/C17H23N3/c1-2-10-18-14-6-5-12-20(13-14)17-9-3-8-16-15(17)7-4-11-19-16/h3-4,7-9,11,14,18H,2,5-6,10,12-13H2,1H3. The molecule has 0 amide bonds. The first-order valence-electron chi connectivity index (χ1n) is 7.70. The van der Waals surface area contributed by atoms with Gasteiger partial charge in [0.1, 0.15) is 0 Å². The molecule has 1 aromatic carbocycles. The monoisotopic (exact) mass is 269 g/mol. The Kier molecular flexibility index (Phi) is 4.16. The zero-order valence-corrected chi connectivity index (χ0v) is 12.2. The number of hydrogen-bond donors (Lipinski definition) is 1. The van der Waals surface area contributed by atoms with Gasteiger partial charge in [0.25, 0.3) is 0 Å². The summed E-state index contributed by atoms with van der Waals surface area (Å²) in [5, 5.41) is 4.93. The van der Waals surface area contributed by atoms with Crippen LogP contribution < -0.4 is 10.2 Å². The SMILES string of the molecule is CCCNC1CCCN(c2cccc3ncccc23)C1. The minimum atomic E-state index is 0.621. The van der Waals surface area contributed by atoms with Crippen molar-refractivity contribution < 1.29 is 0 Å². The van der Waals surface area contributed by atoms with E-state index in [4.69, 9.17) is 0 Å². The van der Waals surface area contributed by atoms with Crippen molar-refractivity contribution in [2.75, 3.05) is 24.5 Å². The van der Waals surface area contributed by atoms with Gasteiger partial charge in [0.15, 0.2) is 0 Å². The largest absolute Gasteiger partial charge is 0.369 e. The molecule has 1 fully saturated rings. The molecule has 1 unspecified atom stereocenters. The van der Waals surface area contributed by atoms with Crippen LogP contribution >= 0.6 is 0 Å². The molecular formula is C17H23N3. The first-order valence-corrected chi connectivity index (χ1v) is 7.70. The van der Waals surface area contributed by atoms with Crippen LogP contribution in [-0.2, 0) is 0 Å². The van der Waals surface area contributed by atoms with Crippen molar-refractivity contribution in [1.82, 2.24) is 10.3 Å². The normalized spacial score (nSPS) is 19.4. The molecule has 3 nitrogen and oxygen atoms in total. The fourth-order valence-corrected chi connectivity index (χ4v) is 3.07. The van der Waals surface area contributed by atoms with Gasteiger partial charge in [0.05, 0.1) is 5.52 Å². The predicted molar refractivity (Wildman–Crippen MR) is 85.3 cm³/mol. The average molecular weight is 269 g/mol. The highest BCUT2D eigenvalue weighted by Crippen LogP contribution is 2.27. The van der Waals surface area contributed by atoms with Gasteiger partial charge in [-0.25, -0.2) is 0 Å². The van der Waals surface area contributed by atoms with E-state index in [0.29, 0.717) is 6.04 Å². The van der Waals surface area contributed by atoms with Crippen molar-refractivity contribution >= 4 is 16.6 Å². The van der Waals surface area contributed by atoms with Gasteiger partial charge in [0, 0.05) is 36.4 Å². The molecule has 1 aromatic heterocycles. The number of benzene rings is 1. The Hall–Kier alpha value is -1.61. The van der Waals surface area contributed by atoms with E-state index in [2.05, 4.69) is 46.4 Å². The number of pyridine rings is 1. The molecule has 1 aliphatic heterocycles. The Labute approximate surface area is 121 Å². The molecule has 3 rings (SSSR count). The van der Waals surface area contributed by atoms with Crippen LogP contribution in [0.25, 0.3) is 10.9 Å². The Bertz CT molecular complexity index is 562. The molecule has 1 saturated heterocycles. The van der Waals surface area contributed by atoms with Crippen molar-refractivity contribution in [2.45, 2.75) is 32.2 Å². The van der Waals surface area contributed by atoms with Gasteiger partial charge in [-0.3, -0.25) is 4.98 Å². The van der Waals surface area contributed by atoms with Gasteiger partial charge in [-0.05, 0) is 50.1 Å². The lowest BCUT2D eigenvalue weighted by Gasteiger charge is -2.35. The molecule has 106 valence electrons. The quantitative estimate of drug-likeness (QED) is 0.924. The molecule has 0 bridgehead atoms. The molecule has 0 saturated carbocycles. The second kappa shape index (κ2) is 6.23. The highest BCUT2D eigenvalue weighted by Gasteiger charge is 2.20. The zero-order chi connectivity index (χ0) is 13.8. The molecule has 0 aliphatic carbocycles. The van der Waals surface area contributed by atoms with Gasteiger partial charge in [-0.1, -0.05) is 13.0 Å². The summed E-state index contributed by atoms with van der Waals surface area (Å²) >= 11 is 0. The molecule has 1 aliphatic rings. The van der Waals surface area contributed by atoms with E-state index in [0.717, 1.165) is 25.2 Å². The first kappa shape index (κ1) is 13.4. The van der Waals surface area contributed by atoms with Crippen LogP contribution in [-0.4, -0.2) is 30.7 Å². The van der Waals surface area contributed by atoms with E-state index in [1.165, 1.54) is 30.3 Å². The van der Waals surface area contributed by atoms with E-state index >= 15 is 0 Å². The zero-order valence-electron chi connectivity index (χ0n) is 12.2. The van der Waals surface area contributed by atoms with Crippen molar-refractivity contribution in [3.63, 3.8) is 0 Å². The minimum Gasteiger partial charge on any atom is -0.369 e. The maximum Gasteiger partial charge on any atom is 0.0722 e. The molecule has 0 radical (unpaired) electrons. The number of fused-ring (bicyclic) bond motifs is 1. The van der Waals surface area contributed by atoms with Crippen LogP contribution in [0.4, 0.5) is 5.69 Å². The van der Waals surface area contributed by atoms with E-state index in [9.17, 15) is 0 Å². The third-order valence-electron chi connectivity index (χ3n) is 4.07. The summed E-state index contributed by atoms with van der Waals surface area (Å²) in [6.07, 6.45) is 5.63. The summed E-state index contributed by atoms with van der Waals surface area (Å²) in [4.78, 5) is 6.98. The van der Waals surface area contributed by atoms with Crippen LogP contribution in [0, 0.1) is 0 Å². The molecule has 20 heavy (non-hydrogen) atoms. The van der Waals surface area contributed by atoms with E-state index in [1.807, 2.05) is 12.3 Å². The Morgan fingerprint density at radius 1 is 1.30 bits per heavy atom. The number of aromatic nitrogens is 1. The summed E-state index contributed by atoms with van der Waals surface area (Å²) in [6, 6.07) is 11.3. The smallest absolute Gasteiger partial charge is 0.0722 e. The van der Waals surface area contributed by atoms with Crippen LogP contribution in [0.1, 0.15) is 26.2 Å². The number of nitrogens with one attached hydrogen (secondary N) is 1. The topological polar surface area (TPSA) is 28.2 Å². The maximum atomic E-state index is 4.46. The highest BCUT2D eigenvalue weighted by atomic mass is 15.2. The average Bonchev–Trinajstić information content (AvgIpc) is 2.52. The molecular weight excluding hydrogens is 246 g/mol. The molecule has 0 spiro atoms.